The Hall–Kier alpha value is -4.58. The summed E-state index contributed by atoms with van der Waals surface area (Å²) in [6, 6.07) is 31.3. The molecule has 0 amide bonds. The Morgan fingerprint density at radius 1 is 0.500 bits per heavy atom. The van der Waals surface area contributed by atoms with E-state index in [9.17, 15) is 9.59 Å². The highest BCUT2D eigenvalue weighted by molar-refractivity contribution is 5.69. The molecule has 0 aliphatic rings. The molecule has 0 fully saturated rings. The minimum absolute atomic E-state index is 0.138. The summed E-state index contributed by atoms with van der Waals surface area (Å²) >= 11 is 0. The lowest BCUT2D eigenvalue weighted by Gasteiger charge is -2.28. The summed E-state index contributed by atoms with van der Waals surface area (Å²) in [5.41, 5.74) is 4.25. The van der Waals surface area contributed by atoms with E-state index in [4.69, 9.17) is 18.9 Å². The first-order chi connectivity index (χ1) is 19.9. The van der Waals surface area contributed by atoms with Crippen LogP contribution >= 0.6 is 0 Å². The summed E-state index contributed by atoms with van der Waals surface area (Å²) in [6.45, 7) is 11.4. The molecule has 220 valence electrons. The van der Waals surface area contributed by atoms with Crippen molar-refractivity contribution in [3.63, 3.8) is 0 Å². The number of para-hydroxylation sites is 1. The average Bonchev–Trinajstić information content (AvgIpc) is 2.97. The van der Waals surface area contributed by atoms with Crippen LogP contribution in [0, 0.1) is 0 Å². The van der Waals surface area contributed by atoms with E-state index in [0.717, 1.165) is 28.2 Å². The number of rotatable bonds is 8. The molecule has 0 radical (unpaired) electrons. The van der Waals surface area contributed by atoms with Crippen molar-refractivity contribution >= 4 is 11.9 Å². The summed E-state index contributed by atoms with van der Waals surface area (Å²) in [6.07, 6.45) is 0. The Morgan fingerprint density at radius 2 is 0.881 bits per heavy atom. The van der Waals surface area contributed by atoms with Crippen LogP contribution < -0.4 is 18.9 Å². The standard InChI is InChI=1S/2C18H20O3/c1-13(19)21-17-11-7-15(8-12-17)18(2,3)14-5-9-16(20-4)10-6-14;1-13(19)21-15-11-9-14(10-12-15)18(2,3)16-7-5-6-8-17(16)20-4/h2*5-12H,1-4H3. The van der Waals surface area contributed by atoms with Crippen molar-refractivity contribution < 1.29 is 28.5 Å². The molecule has 0 aromatic heterocycles. The highest BCUT2D eigenvalue weighted by atomic mass is 16.5. The van der Waals surface area contributed by atoms with Gasteiger partial charge in [-0.05, 0) is 59.2 Å². The van der Waals surface area contributed by atoms with Gasteiger partial charge in [-0.3, -0.25) is 9.59 Å². The molecule has 0 bridgehead atoms. The molecular formula is C36H40O6. The van der Waals surface area contributed by atoms with Crippen molar-refractivity contribution in [3.05, 3.63) is 119 Å². The van der Waals surface area contributed by atoms with Gasteiger partial charge in [0, 0.05) is 30.2 Å². The van der Waals surface area contributed by atoms with Crippen LogP contribution in [0.2, 0.25) is 0 Å². The first-order valence-electron chi connectivity index (χ1n) is 13.7. The lowest BCUT2D eigenvalue weighted by Crippen LogP contribution is -2.19. The molecule has 0 heterocycles. The molecule has 0 unspecified atom stereocenters. The zero-order chi connectivity index (χ0) is 30.9. The van der Waals surface area contributed by atoms with Crippen LogP contribution in [-0.2, 0) is 20.4 Å². The smallest absolute Gasteiger partial charge is 0.308 e. The Labute approximate surface area is 249 Å². The molecule has 0 saturated carbocycles. The number of hydrogen-bond acceptors (Lipinski definition) is 6. The molecule has 0 N–H and O–H groups in total. The van der Waals surface area contributed by atoms with E-state index < -0.39 is 0 Å². The summed E-state index contributed by atoms with van der Waals surface area (Å²) in [5, 5.41) is 0. The number of esters is 2. The molecule has 6 heteroatoms. The van der Waals surface area contributed by atoms with Gasteiger partial charge in [0.1, 0.15) is 23.0 Å². The van der Waals surface area contributed by atoms with Crippen LogP contribution in [0.25, 0.3) is 0 Å². The second-order valence-corrected chi connectivity index (χ2v) is 10.9. The van der Waals surface area contributed by atoms with Crippen LogP contribution in [0.1, 0.15) is 63.8 Å². The number of benzene rings is 4. The third-order valence-corrected chi connectivity index (χ3v) is 7.27. The van der Waals surface area contributed by atoms with Gasteiger partial charge in [0.05, 0.1) is 14.2 Å². The summed E-state index contributed by atoms with van der Waals surface area (Å²) in [4.78, 5) is 21.9. The number of ether oxygens (including phenoxy) is 4. The first kappa shape index (κ1) is 31.9. The normalized spacial score (nSPS) is 11.0. The largest absolute Gasteiger partial charge is 0.497 e. The van der Waals surface area contributed by atoms with Crippen LogP contribution in [-0.4, -0.2) is 26.2 Å². The van der Waals surface area contributed by atoms with Crippen LogP contribution in [0.4, 0.5) is 0 Å². The highest BCUT2D eigenvalue weighted by Gasteiger charge is 2.26. The molecule has 4 aromatic rings. The van der Waals surface area contributed by atoms with E-state index in [1.165, 1.54) is 19.4 Å². The van der Waals surface area contributed by atoms with Crippen LogP contribution in [0.5, 0.6) is 23.0 Å². The van der Waals surface area contributed by atoms with E-state index in [1.807, 2.05) is 78.9 Å². The zero-order valence-corrected chi connectivity index (χ0v) is 25.7. The molecule has 0 saturated heterocycles. The van der Waals surface area contributed by atoms with Gasteiger partial charge < -0.3 is 18.9 Å². The van der Waals surface area contributed by atoms with E-state index >= 15 is 0 Å². The predicted molar refractivity (Wildman–Crippen MR) is 166 cm³/mol. The molecular weight excluding hydrogens is 528 g/mol. The van der Waals surface area contributed by atoms with Gasteiger partial charge in [0.15, 0.2) is 0 Å². The molecule has 0 aliphatic carbocycles. The quantitative estimate of drug-likeness (QED) is 0.159. The third kappa shape index (κ3) is 8.00. The predicted octanol–water partition coefficient (Wildman–Crippen LogP) is 7.89. The van der Waals surface area contributed by atoms with Crippen molar-refractivity contribution in [3.8, 4) is 23.0 Å². The summed E-state index contributed by atoms with van der Waals surface area (Å²) in [5.74, 6) is 2.22. The second-order valence-electron chi connectivity index (χ2n) is 10.9. The maximum Gasteiger partial charge on any atom is 0.308 e. The van der Waals surface area contributed by atoms with Gasteiger partial charge in [-0.25, -0.2) is 0 Å². The third-order valence-electron chi connectivity index (χ3n) is 7.27. The van der Waals surface area contributed by atoms with Gasteiger partial charge in [-0.2, -0.15) is 0 Å². The molecule has 4 rings (SSSR count). The lowest BCUT2D eigenvalue weighted by molar-refractivity contribution is -0.132. The maximum atomic E-state index is 11.0. The topological polar surface area (TPSA) is 71.1 Å². The Balaban J connectivity index is 0.000000230. The monoisotopic (exact) mass is 568 g/mol. The van der Waals surface area contributed by atoms with Crippen LogP contribution in [0.15, 0.2) is 97.1 Å². The number of carbonyl (C=O) groups excluding carboxylic acids is 2. The van der Waals surface area contributed by atoms with Crippen molar-refractivity contribution in [1.82, 2.24) is 0 Å². The van der Waals surface area contributed by atoms with Gasteiger partial charge in [0.25, 0.3) is 0 Å². The molecule has 0 aliphatic heterocycles. The fourth-order valence-electron chi connectivity index (χ4n) is 4.70. The van der Waals surface area contributed by atoms with Crippen molar-refractivity contribution in [2.75, 3.05) is 14.2 Å². The van der Waals surface area contributed by atoms with Crippen molar-refractivity contribution in [1.29, 1.82) is 0 Å². The van der Waals surface area contributed by atoms with E-state index in [1.54, 1.807) is 14.2 Å². The minimum Gasteiger partial charge on any atom is -0.497 e. The maximum absolute atomic E-state index is 11.0. The first-order valence-corrected chi connectivity index (χ1v) is 13.7. The Morgan fingerprint density at radius 3 is 1.26 bits per heavy atom. The highest BCUT2D eigenvalue weighted by Crippen LogP contribution is 2.37. The fraction of sp³-hybridized carbons (Fsp3) is 0.278. The van der Waals surface area contributed by atoms with Gasteiger partial charge in [-0.1, -0.05) is 82.3 Å². The van der Waals surface area contributed by atoms with E-state index in [-0.39, 0.29) is 22.8 Å². The Bertz CT molecular complexity index is 1470. The van der Waals surface area contributed by atoms with E-state index in [0.29, 0.717) is 11.5 Å². The van der Waals surface area contributed by atoms with Crippen molar-refractivity contribution in [2.45, 2.75) is 52.4 Å². The number of carbonyl (C=O) groups is 2. The van der Waals surface area contributed by atoms with Crippen LogP contribution in [0.3, 0.4) is 0 Å². The van der Waals surface area contributed by atoms with Gasteiger partial charge in [-0.15, -0.1) is 0 Å². The molecule has 0 atom stereocenters. The number of methoxy groups -OCH3 is 2. The number of hydrogen-bond donors (Lipinski definition) is 0. The van der Waals surface area contributed by atoms with Gasteiger partial charge >= 0.3 is 11.9 Å². The summed E-state index contributed by atoms with van der Waals surface area (Å²) in [7, 11) is 3.34. The molecule has 0 spiro atoms. The average molecular weight is 569 g/mol. The van der Waals surface area contributed by atoms with E-state index in [2.05, 4.69) is 45.9 Å². The molecule has 4 aromatic carbocycles. The van der Waals surface area contributed by atoms with Gasteiger partial charge in [0.2, 0.25) is 0 Å². The summed E-state index contributed by atoms with van der Waals surface area (Å²) < 4.78 is 20.8. The zero-order valence-electron chi connectivity index (χ0n) is 25.7. The SMILES string of the molecule is COc1ccc(C(C)(C)c2ccc(OC(C)=O)cc2)cc1.COc1ccccc1C(C)(C)c1ccc(OC(C)=O)cc1. The Kier molecular flexibility index (Phi) is 10.5. The molecule has 42 heavy (non-hydrogen) atoms. The minimum atomic E-state index is -0.313. The fourth-order valence-corrected chi connectivity index (χ4v) is 4.70. The van der Waals surface area contributed by atoms with Crippen molar-refractivity contribution in [2.24, 2.45) is 0 Å². The molecule has 6 nitrogen and oxygen atoms in total. The lowest BCUT2D eigenvalue weighted by atomic mass is 9.77. The second kappa shape index (κ2) is 13.9.